The minimum Gasteiger partial charge on any atom is -0.411 e. The van der Waals surface area contributed by atoms with Gasteiger partial charge < -0.3 is 15.4 Å². The van der Waals surface area contributed by atoms with Crippen LogP contribution in [0, 0.1) is 5.92 Å². The summed E-state index contributed by atoms with van der Waals surface area (Å²) in [5.74, 6) is -0.316. The maximum atomic E-state index is 13.5. The first-order chi connectivity index (χ1) is 15.9. The van der Waals surface area contributed by atoms with Crippen LogP contribution in [-0.2, 0) is 21.7 Å². The fourth-order valence-corrected chi connectivity index (χ4v) is 5.01. The average Bonchev–Trinajstić information content (AvgIpc) is 3.60. The molecule has 2 aromatic rings. The summed E-state index contributed by atoms with van der Waals surface area (Å²) in [6, 6.07) is 16.2. The Morgan fingerprint density at radius 1 is 1.18 bits per heavy atom. The molecule has 3 aliphatic rings. The first-order valence-corrected chi connectivity index (χ1v) is 11.2. The van der Waals surface area contributed by atoms with Gasteiger partial charge in [0, 0.05) is 24.6 Å². The van der Waals surface area contributed by atoms with Gasteiger partial charge in [-0.15, -0.1) is 0 Å². The van der Waals surface area contributed by atoms with Crippen LogP contribution < -0.4 is 5.32 Å². The molecule has 2 aromatic carbocycles. The molecule has 1 heterocycles. The van der Waals surface area contributed by atoms with Crippen LogP contribution in [0.1, 0.15) is 42.9 Å². The van der Waals surface area contributed by atoms with Crippen molar-refractivity contribution in [2.75, 3.05) is 6.54 Å². The lowest BCUT2D eigenvalue weighted by Crippen LogP contribution is -2.47. The largest absolute Gasteiger partial charge is 0.411 e. The summed E-state index contributed by atoms with van der Waals surface area (Å²) in [4.78, 5) is 42.6. The Morgan fingerprint density at radius 2 is 1.88 bits per heavy atom. The van der Waals surface area contributed by atoms with Crippen LogP contribution in [0.5, 0.6) is 0 Å². The van der Waals surface area contributed by atoms with Gasteiger partial charge in [0.15, 0.2) is 5.54 Å². The highest BCUT2D eigenvalue weighted by Gasteiger charge is 2.57. The number of carbonyl (C=O) groups is 3. The molecule has 2 atom stereocenters. The standard InChI is InChI=1S/C25H26N4O4/c1-16(18-11-12-18)28(14-17-7-3-2-4-8-17)22(30)15-29-23(31)25(26-24(29)32)13-21(27-33)19-9-5-6-10-20(19)25/h2-10,16,18,33H,11-15H2,1H3,(H,26,32)/t16-,25-/m0/s1. The lowest BCUT2D eigenvalue weighted by atomic mass is 9.92. The van der Waals surface area contributed by atoms with Gasteiger partial charge in [0.1, 0.15) is 6.54 Å². The number of benzene rings is 2. The highest BCUT2D eigenvalue weighted by atomic mass is 16.4. The number of hydrogen-bond acceptors (Lipinski definition) is 5. The number of nitrogens with one attached hydrogen (secondary N) is 1. The zero-order valence-electron chi connectivity index (χ0n) is 18.4. The second-order valence-electron chi connectivity index (χ2n) is 9.08. The van der Waals surface area contributed by atoms with E-state index < -0.39 is 17.5 Å². The van der Waals surface area contributed by atoms with Crippen LogP contribution >= 0.6 is 0 Å². The Hall–Kier alpha value is -3.68. The number of imide groups is 1. The maximum absolute atomic E-state index is 13.5. The number of carbonyl (C=O) groups excluding carboxylic acids is 3. The molecule has 0 aromatic heterocycles. The number of oxime groups is 1. The van der Waals surface area contributed by atoms with Gasteiger partial charge in [-0.2, -0.15) is 0 Å². The third-order valence-corrected chi connectivity index (χ3v) is 7.03. The summed E-state index contributed by atoms with van der Waals surface area (Å²) in [5, 5.41) is 15.6. The number of amides is 4. The molecule has 1 aliphatic heterocycles. The molecule has 5 rings (SSSR count). The fourth-order valence-electron chi connectivity index (χ4n) is 5.01. The molecule has 170 valence electrons. The molecule has 4 amide bonds. The van der Waals surface area contributed by atoms with Crippen molar-refractivity contribution < 1.29 is 19.6 Å². The molecule has 2 aliphatic carbocycles. The minimum absolute atomic E-state index is 0.0211. The molecular formula is C25H26N4O4. The lowest BCUT2D eigenvalue weighted by molar-refractivity contribution is -0.140. The second-order valence-corrected chi connectivity index (χ2v) is 9.08. The molecule has 2 fully saturated rings. The third-order valence-electron chi connectivity index (χ3n) is 7.03. The zero-order chi connectivity index (χ0) is 23.2. The molecule has 0 radical (unpaired) electrons. The molecule has 33 heavy (non-hydrogen) atoms. The van der Waals surface area contributed by atoms with Crippen LogP contribution in [0.4, 0.5) is 4.79 Å². The van der Waals surface area contributed by atoms with Crippen molar-refractivity contribution >= 4 is 23.6 Å². The number of urea groups is 1. The normalized spacial score (nSPS) is 23.7. The van der Waals surface area contributed by atoms with Crippen LogP contribution in [0.15, 0.2) is 59.8 Å². The quantitative estimate of drug-likeness (QED) is 0.405. The predicted molar refractivity (Wildman–Crippen MR) is 120 cm³/mol. The number of nitrogens with zero attached hydrogens (tertiary/aromatic N) is 3. The fraction of sp³-hybridized carbons (Fsp3) is 0.360. The monoisotopic (exact) mass is 446 g/mol. The van der Waals surface area contributed by atoms with Crippen molar-refractivity contribution in [3.05, 3.63) is 71.3 Å². The summed E-state index contributed by atoms with van der Waals surface area (Å²) in [5.41, 5.74) is 1.19. The highest BCUT2D eigenvalue weighted by Crippen LogP contribution is 2.42. The molecule has 0 bridgehead atoms. The topological polar surface area (TPSA) is 102 Å². The van der Waals surface area contributed by atoms with Gasteiger partial charge in [0.25, 0.3) is 5.91 Å². The van der Waals surface area contributed by atoms with E-state index in [0.29, 0.717) is 29.3 Å². The summed E-state index contributed by atoms with van der Waals surface area (Å²) in [7, 11) is 0. The third kappa shape index (κ3) is 3.55. The molecule has 2 N–H and O–H groups in total. The van der Waals surface area contributed by atoms with Gasteiger partial charge in [0.05, 0.1) is 5.71 Å². The first-order valence-electron chi connectivity index (χ1n) is 11.2. The molecule has 8 heteroatoms. The molecule has 0 unspecified atom stereocenters. The van der Waals surface area contributed by atoms with Crippen molar-refractivity contribution in [3.8, 4) is 0 Å². The number of rotatable bonds is 6. The van der Waals surface area contributed by atoms with Crippen LogP contribution in [-0.4, -0.2) is 51.2 Å². The number of fused-ring (bicyclic) bond motifs is 2. The van der Waals surface area contributed by atoms with Gasteiger partial charge >= 0.3 is 6.03 Å². The van der Waals surface area contributed by atoms with E-state index in [2.05, 4.69) is 10.5 Å². The Balaban J connectivity index is 1.40. The first kappa shape index (κ1) is 21.2. The molecule has 1 saturated heterocycles. The van der Waals surface area contributed by atoms with Crippen molar-refractivity contribution in [1.29, 1.82) is 0 Å². The smallest absolute Gasteiger partial charge is 0.325 e. The van der Waals surface area contributed by atoms with Crippen LogP contribution in [0.2, 0.25) is 0 Å². The molecule has 8 nitrogen and oxygen atoms in total. The van der Waals surface area contributed by atoms with E-state index in [1.807, 2.05) is 37.3 Å². The van der Waals surface area contributed by atoms with Crippen molar-refractivity contribution in [2.45, 2.75) is 44.3 Å². The van der Waals surface area contributed by atoms with E-state index >= 15 is 0 Å². The highest BCUT2D eigenvalue weighted by molar-refractivity contribution is 6.17. The summed E-state index contributed by atoms with van der Waals surface area (Å²) in [6.07, 6.45) is 2.20. The van der Waals surface area contributed by atoms with E-state index in [1.165, 1.54) is 0 Å². The van der Waals surface area contributed by atoms with Gasteiger partial charge in [-0.25, -0.2) is 4.79 Å². The summed E-state index contributed by atoms with van der Waals surface area (Å²) in [6.45, 7) is 2.13. The Kier molecular flexibility index (Phi) is 5.15. The van der Waals surface area contributed by atoms with Crippen LogP contribution in [0.3, 0.4) is 0 Å². The average molecular weight is 447 g/mol. The second kappa shape index (κ2) is 8.03. The Morgan fingerprint density at radius 3 is 2.58 bits per heavy atom. The Labute approximate surface area is 191 Å². The van der Waals surface area contributed by atoms with E-state index in [0.717, 1.165) is 23.3 Å². The van der Waals surface area contributed by atoms with Crippen molar-refractivity contribution in [2.24, 2.45) is 11.1 Å². The van der Waals surface area contributed by atoms with Gasteiger partial charge in [-0.3, -0.25) is 14.5 Å². The summed E-state index contributed by atoms with van der Waals surface area (Å²) < 4.78 is 0. The predicted octanol–water partition coefficient (Wildman–Crippen LogP) is 2.84. The van der Waals surface area contributed by atoms with Crippen molar-refractivity contribution in [3.63, 3.8) is 0 Å². The zero-order valence-corrected chi connectivity index (χ0v) is 18.4. The van der Waals surface area contributed by atoms with E-state index in [1.54, 1.807) is 29.2 Å². The van der Waals surface area contributed by atoms with Gasteiger partial charge in [-0.05, 0) is 36.8 Å². The SMILES string of the molecule is C[C@@H](C1CC1)N(Cc1ccccc1)C(=O)CN1C(=O)N[C@]2(CC(=NO)c3ccccc32)C1=O. The van der Waals surface area contributed by atoms with Gasteiger partial charge in [-0.1, -0.05) is 59.8 Å². The van der Waals surface area contributed by atoms with Crippen LogP contribution in [0.25, 0.3) is 0 Å². The number of hydrogen-bond donors (Lipinski definition) is 2. The molecule has 1 saturated carbocycles. The maximum Gasteiger partial charge on any atom is 0.325 e. The minimum atomic E-state index is -1.35. The molecular weight excluding hydrogens is 420 g/mol. The van der Waals surface area contributed by atoms with Gasteiger partial charge in [0.2, 0.25) is 5.91 Å². The van der Waals surface area contributed by atoms with E-state index in [-0.39, 0.29) is 24.9 Å². The van der Waals surface area contributed by atoms with E-state index in [9.17, 15) is 19.6 Å². The Bertz CT molecular complexity index is 1140. The molecule has 1 spiro atoms. The lowest BCUT2D eigenvalue weighted by Gasteiger charge is -2.31. The van der Waals surface area contributed by atoms with Crippen molar-refractivity contribution in [1.82, 2.24) is 15.1 Å². The summed E-state index contributed by atoms with van der Waals surface area (Å²) >= 11 is 0. The van der Waals surface area contributed by atoms with E-state index in [4.69, 9.17) is 0 Å².